The molecule has 0 amide bonds. The molecular weight excluding hydrogens is 430 g/mol. The van der Waals surface area contributed by atoms with E-state index in [1.165, 1.54) is 0 Å². The van der Waals surface area contributed by atoms with Crippen molar-refractivity contribution in [3.63, 3.8) is 0 Å². The van der Waals surface area contributed by atoms with E-state index in [-0.39, 0.29) is 0 Å². The first-order chi connectivity index (χ1) is 7.54. The van der Waals surface area contributed by atoms with Gasteiger partial charge < -0.3 is 0 Å². The molecule has 0 unspecified atom stereocenters. The van der Waals surface area contributed by atoms with Gasteiger partial charge in [-0.3, -0.25) is 0 Å². The average molecular weight is 460 g/mol. The summed E-state index contributed by atoms with van der Waals surface area (Å²) >= 11 is -5.52. The van der Waals surface area contributed by atoms with E-state index in [0.717, 1.165) is 13.2 Å². The van der Waals surface area contributed by atoms with Gasteiger partial charge >= 0.3 is 118 Å². The molecule has 3 nitrogen and oxygen atoms in total. The first-order valence-corrected chi connectivity index (χ1v) is 22.6. The van der Waals surface area contributed by atoms with Crippen LogP contribution in [0.1, 0.15) is 27.7 Å². The predicted octanol–water partition coefficient (Wildman–Crippen LogP) is 3.75. The molecule has 0 aliphatic rings. The van der Waals surface area contributed by atoms with Crippen molar-refractivity contribution in [2.75, 3.05) is 13.2 Å². The third-order valence-corrected chi connectivity index (χ3v) is 28.6. The van der Waals surface area contributed by atoms with E-state index in [1.807, 2.05) is 0 Å². The maximum absolute atomic E-state index is 6.30. The molecular formula is C12H30O3Sn2. The molecule has 0 fully saturated rings. The van der Waals surface area contributed by atoms with Gasteiger partial charge in [-0.25, -0.2) is 0 Å². The molecule has 0 aromatic heterocycles. The third-order valence-electron chi connectivity index (χ3n) is 2.02. The summed E-state index contributed by atoms with van der Waals surface area (Å²) in [7, 11) is 0. The number of hydrogen-bond donors (Lipinski definition) is 0. The predicted molar refractivity (Wildman–Crippen MR) is 77.6 cm³/mol. The SMILES string of the molecule is CC(C)C[O][Sn]([CH3])([CH3])[O][Sn]([CH3])([CH3])[O]CC(C)C. The minimum absolute atomic E-state index is 0.574. The zero-order valence-electron chi connectivity index (χ0n) is 12.8. The first-order valence-electron chi connectivity index (χ1n) is 6.52. The zero-order chi connectivity index (χ0) is 13.7. The van der Waals surface area contributed by atoms with Crippen molar-refractivity contribution in [2.45, 2.75) is 47.5 Å². The molecule has 0 rings (SSSR count). The minimum atomic E-state index is -2.76. The van der Waals surface area contributed by atoms with Gasteiger partial charge in [0.25, 0.3) is 0 Å². The number of rotatable bonds is 8. The summed E-state index contributed by atoms with van der Waals surface area (Å²) in [6, 6.07) is 0. The first kappa shape index (κ1) is 18.5. The molecule has 0 radical (unpaired) electrons. The Hall–Kier alpha value is 1.48. The molecule has 0 heterocycles. The van der Waals surface area contributed by atoms with Gasteiger partial charge in [-0.15, -0.1) is 0 Å². The van der Waals surface area contributed by atoms with E-state index >= 15 is 0 Å². The Morgan fingerprint density at radius 3 is 1.24 bits per heavy atom. The second kappa shape index (κ2) is 7.92. The van der Waals surface area contributed by atoms with Crippen LogP contribution in [-0.2, 0) is 7.56 Å². The van der Waals surface area contributed by atoms with Gasteiger partial charge in [-0.1, -0.05) is 0 Å². The maximum atomic E-state index is 6.30. The fourth-order valence-electron chi connectivity index (χ4n) is 1.39. The molecule has 0 saturated heterocycles. The Bertz CT molecular complexity index is 194. The number of hydrogen-bond acceptors (Lipinski definition) is 3. The molecule has 0 N–H and O–H groups in total. The van der Waals surface area contributed by atoms with Crippen LogP contribution in [0.4, 0.5) is 0 Å². The van der Waals surface area contributed by atoms with Crippen molar-refractivity contribution in [3.05, 3.63) is 0 Å². The van der Waals surface area contributed by atoms with Gasteiger partial charge in [0.05, 0.1) is 0 Å². The van der Waals surface area contributed by atoms with Crippen molar-refractivity contribution in [1.82, 2.24) is 0 Å². The van der Waals surface area contributed by atoms with E-state index in [1.54, 1.807) is 0 Å². The standard InChI is InChI=1S/2C4H9O.4CH3.O.2Sn/c2*1-4(2)3-5;;;;;;;/h2*4H,3H2,1-2H3;4*1H3;;;/q2*-1;;;;;;2*+1. The van der Waals surface area contributed by atoms with Gasteiger partial charge in [0.2, 0.25) is 0 Å². The van der Waals surface area contributed by atoms with Crippen LogP contribution in [0.15, 0.2) is 0 Å². The quantitative estimate of drug-likeness (QED) is 0.518. The van der Waals surface area contributed by atoms with E-state index in [4.69, 9.17) is 7.56 Å². The van der Waals surface area contributed by atoms with Gasteiger partial charge in [0.15, 0.2) is 0 Å². The fourth-order valence-corrected chi connectivity index (χ4v) is 34.2. The summed E-state index contributed by atoms with van der Waals surface area (Å²) in [6.07, 6.45) is 0. The summed E-state index contributed by atoms with van der Waals surface area (Å²) in [5.41, 5.74) is 0. The Balaban J connectivity index is 4.17. The Morgan fingerprint density at radius 2 is 1.00 bits per heavy atom. The van der Waals surface area contributed by atoms with Gasteiger partial charge in [0, 0.05) is 0 Å². The molecule has 0 atom stereocenters. The molecule has 0 aromatic carbocycles. The van der Waals surface area contributed by atoms with Gasteiger partial charge in [-0.05, 0) is 0 Å². The van der Waals surface area contributed by atoms with Crippen molar-refractivity contribution >= 4 is 38.4 Å². The Morgan fingerprint density at radius 1 is 0.706 bits per heavy atom. The fraction of sp³-hybridized carbons (Fsp3) is 1.00. The summed E-state index contributed by atoms with van der Waals surface area (Å²) in [5.74, 6) is 1.15. The summed E-state index contributed by atoms with van der Waals surface area (Å²) in [6.45, 7) is 10.3. The van der Waals surface area contributed by atoms with Crippen LogP contribution < -0.4 is 0 Å². The van der Waals surface area contributed by atoms with Gasteiger partial charge in [-0.2, -0.15) is 0 Å². The Labute approximate surface area is 118 Å². The third kappa shape index (κ3) is 11.0. The summed E-state index contributed by atoms with van der Waals surface area (Å²) < 4.78 is 18.3. The molecule has 0 aliphatic heterocycles. The normalized spacial score (nSPS) is 13.8. The second-order valence-electron chi connectivity index (χ2n) is 6.31. The molecule has 0 bridgehead atoms. The second-order valence-corrected chi connectivity index (χ2v) is 28.4. The molecule has 0 spiro atoms. The van der Waals surface area contributed by atoms with E-state index in [0.29, 0.717) is 11.8 Å². The van der Waals surface area contributed by atoms with Crippen LogP contribution in [0.3, 0.4) is 0 Å². The molecule has 0 saturated carbocycles. The van der Waals surface area contributed by atoms with Crippen LogP contribution >= 0.6 is 0 Å². The van der Waals surface area contributed by atoms with E-state index < -0.39 is 38.4 Å². The topological polar surface area (TPSA) is 27.7 Å². The molecule has 0 aromatic rings. The monoisotopic (exact) mass is 462 g/mol. The van der Waals surface area contributed by atoms with E-state index in [9.17, 15) is 0 Å². The van der Waals surface area contributed by atoms with Crippen molar-refractivity contribution in [3.8, 4) is 0 Å². The Kier molecular flexibility index (Phi) is 8.61. The summed E-state index contributed by atoms with van der Waals surface area (Å²) in [5, 5.41) is 0. The van der Waals surface area contributed by atoms with Crippen LogP contribution in [0.5, 0.6) is 0 Å². The van der Waals surface area contributed by atoms with E-state index in [2.05, 4.69) is 47.5 Å². The van der Waals surface area contributed by atoms with Crippen LogP contribution in [0.2, 0.25) is 19.8 Å². The van der Waals surface area contributed by atoms with Crippen LogP contribution in [-0.4, -0.2) is 51.6 Å². The zero-order valence-corrected chi connectivity index (χ0v) is 18.5. The van der Waals surface area contributed by atoms with Crippen molar-refractivity contribution < 1.29 is 7.56 Å². The molecule has 5 heteroatoms. The van der Waals surface area contributed by atoms with Gasteiger partial charge in [0.1, 0.15) is 0 Å². The summed E-state index contributed by atoms with van der Waals surface area (Å²) in [4.78, 5) is 8.76. The van der Waals surface area contributed by atoms with Crippen LogP contribution in [0, 0.1) is 11.8 Å². The van der Waals surface area contributed by atoms with Crippen LogP contribution in [0.25, 0.3) is 0 Å². The van der Waals surface area contributed by atoms with Crippen molar-refractivity contribution in [1.29, 1.82) is 0 Å². The molecule has 0 aliphatic carbocycles. The van der Waals surface area contributed by atoms with Crippen molar-refractivity contribution in [2.24, 2.45) is 11.8 Å². The average Bonchev–Trinajstić information content (AvgIpc) is 2.10. The molecule has 17 heavy (non-hydrogen) atoms. The molecule has 104 valence electrons.